The van der Waals surface area contributed by atoms with Gasteiger partial charge in [-0.15, -0.1) is 0 Å². The highest BCUT2D eigenvalue weighted by atomic mass is 16.5. The standard InChI is InChI=1S/C8H15NO2.C6H6/c1-11-8(10)6-7-4-2-3-5-9-7;1-2-4-6-5-3-1/h7,9H,2-6H2,1H3;1-6H. The van der Waals surface area contributed by atoms with Crippen molar-refractivity contribution in [3.05, 3.63) is 36.4 Å². The van der Waals surface area contributed by atoms with Crippen molar-refractivity contribution in [2.45, 2.75) is 31.7 Å². The predicted octanol–water partition coefficient (Wildman–Crippen LogP) is 2.38. The van der Waals surface area contributed by atoms with Crippen LogP contribution in [-0.4, -0.2) is 25.7 Å². The average Bonchev–Trinajstić information content (AvgIpc) is 2.42. The van der Waals surface area contributed by atoms with Gasteiger partial charge in [0.05, 0.1) is 13.5 Å². The lowest BCUT2D eigenvalue weighted by atomic mass is 10.0. The second-order valence-electron chi connectivity index (χ2n) is 4.08. The molecule has 17 heavy (non-hydrogen) atoms. The maximum absolute atomic E-state index is 10.8. The molecular weight excluding hydrogens is 214 g/mol. The van der Waals surface area contributed by atoms with Gasteiger partial charge in [0.15, 0.2) is 0 Å². The van der Waals surface area contributed by atoms with Crippen LogP contribution in [0.5, 0.6) is 0 Å². The Morgan fingerprint density at radius 2 is 1.76 bits per heavy atom. The molecule has 1 aliphatic heterocycles. The van der Waals surface area contributed by atoms with Crippen LogP contribution in [0.15, 0.2) is 36.4 Å². The zero-order chi connectivity index (χ0) is 12.3. The highest BCUT2D eigenvalue weighted by molar-refractivity contribution is 5.69. The van der Waals surface area contributed by atoms with Crippen molar-refractivity contribution >= 4 is 5.97 Å². The molecule has 0 spiro atoms. The molecule has 1 aromatic rings. The number of esters is 1. The van der Waals surface area contributed by atoms with Crippen LogP contribution in [0.2, 0.25) is 0 Å². The first-order valence-corrected chi connectivity index (χ1v) is 6.13. The molecule has 1 N–H and O–H groups in total. The summed E-state index contributed by atoms with van der Waals surface area (Å²) in [5.74, 6) is -0.107. The van der Waals surface area contributed by atoms with E-state index in [0.29, 0.717) is 12.5 Å². The van der Waals surface area contributed by atoms with E-state index in [-0.39, 0.29) is 5.97 Å². The highest BCUT2D eigenvalue weighted by Crippen LogP contribution is 2.09. The third-order valence-corrected chi connectivity index (χ3v) is 2.72. The molecule has 1 heterocycles. The number of benzene rings is 1. The van der Waals surface area contributed by atoms with Crippen LogP contribution >= 0.6 is 0 Å². The molecule has 1 unspecified atom stereocenters. The third kappa shape index (κ3) is 6.74. The molecule has 1 atom stereocenters. The van der Waals surface area contributed by atoms with E-state index in [2.05, 4.69) is 10.1 Å². The normalized spacial score (nSPS) is 18.8. The molecule has 94 valence electrons. The fraction of sp³-hybridized carbons (Fsp3) is 0.500. The van der Waals surface area contributed by atoms with E-state index in [9.17, 15) is 4.79 Å². The predicted molar refractivity (Wildman–Crippen MR) is 68.7 cm³/mol. The summed E-state index contributed by atoms with van der Waals surface area (Å²) in [5.41, 5.74) is 0. The van der Waals surface area contributed by atoms with E-state index in [4.69, 9.17) is 0 Å². The Bertz CT molecular complexity index is 268. The average molecular weight is 235 g/mol. The Labute approximate surface area is 103 Å². The minimum Gasteiger partial charge on any atom is -0.469 e. The lowest BCUT2D eigenvalue weighted by Gasteiger charge is -2.21. The van der Waals surface area contributed by atoms with E-state index < -0.39 is 0 Å². The molecule has 3 heteroatoms. The SMILES string of the molecule is COC(=O)CC1CCCCN1.c1ccccc1. The van der Waals surface area contributed by atoms with Gasteiger partial charge in [-0.3, -0.25) is 4.79 Å². The van der Waals surface area contributed by atoms with Gasteiger partial charge in [-0.25, -0.2) is 0 Å². The summed E-state index contributed by atoms with van der Waals surface area (Å²) in [6, 6.07) is 12.4. The first kappa shape index (κ1) is 13.7. The van der Waals surface area contributed by atoms with E-state index in [1.807, 2.05) is 36.4 Å². The lowest BCUT2D eigenvalue weighted by Crippen LogP contribution is -2.35. The van der Waals surface area contributed by atoms with Crippen LogP contribution in [0.3, 0.4) is 0 Å². The number of rotatable bonds is 2. The van der Waals surface area contributed by atoms with Crippen molar-refractivity contribution < 1.29 is 9.53 Å². The van der Waals surface area contributed by atoms with Gasteiger partial charge in [0, 0.05) is 6.04 Å². The molecule has 1 aromatic carbocycles. The van der Waals surface area contributed by atoms with Crippen LogP contribution in [0.4, 0.5) is 0 Å². The van der Waals surface area contributed by atoms with Gasteiger partial charge in [-0.05, 0) is 19.4 Å². The molecular formula is C14H21NO2. The summed E-state index contributed by atoms with van der Waals surface area (Å²) in [7, 11) is 1.44. The monoisotopic (exact) mass is 235 g/mol. The summed E-state index contributed by atoms with van der Waals surface area (Å²) in [6.45, 7) is 1.04. The van der Waals surface area contributed by atoms with Crippen molar-refractivity contribution in [3.8, 4) is 0 Å². The van der Waals surface area contributed by atoms with E-state index >= 15 is 0 Å². The van der Waals surface area contributed by atoms with Crippen molar-refractivity contribution in [2.75, 3.05) is 13.7 Å². The van der Waals surface area contributed by atoms with Crippen LogP contribution in [0.25, 0.3) is 0 Å². The Kier molecular flexibility index (Phi) is 7.07. The summed E-state index contributed by atoms with van der Waals surface area (Å²) >= 11 is 0. The van der Waals surface area contributed by atoms with Gasteiger partial charge in [-0.2, -0.15) is 0 Å². The Hall–Kier alpha value is -1.35. The lowest BCUT2D eigenvalue weighted by molar-refractivity contribution is -0.141. The summed E-state index contributed by atoms with van der Waals surface area (Å²) < 4.78 is 4.57. The van der Waals surface area contributed by atoms with Gasteiger partial charge in [0.1, 0.15) is 0 Å². The summed E-state index contributed by atoms with van der Waals surface area (Å²) in [5, 5.41) is 3.28. The van der Waals surface area contributed by atoms with E-state index in [1.54, 1.807) is 0 Å². The second-order valence-corrected chi connectivity index (χ2v) is 4.08. The molecule has 0 radical (unpaired) electrons. The van der Waals surface area contributed by atoms with Crippen LogP contribution < -0.4 is 5.32 Å². The fourth-order valence-corrected chi connectivity index (χ4v) is 1.77. The smallest absolute Gasteiger partial charge is 0.307 e. The number of carbonyl (C=O) groups excluding carboxylic acids is 1. The number of hydrogen-bond donors (Lipinski definition) is 1. The number of carbonyl (C=O) groups is 1. The molecule has 3 nitrogen and oxygen atoms in total. The molecule has 1 aliphatic rings. The third-order valence-electron chi connectivity index (χ3n) is 2.72. The largest absolute Gasteiger partial charge is 0.469 e. The summed E-state index contributed by atoms with van der Waals surface area (Å²) in [6.07, 6.45) is 4.10. The van der Waals surface area contributed by atoms with Gasteiger partial charge < -0.3 is 10.1 Å². The molecule has 2 rings (SSSR count). The van der Waals surface area contributed by atoms with Crippen molar-refractivity contribution in [3.63, 3.8) is 0 Å². The fourth-order valence-electron chi connectivity index (χ4n) is 1.77. The number of nitrogens with one attached hydrogen (secondary N) is 1. The van der Waals surface area contributed by atoms with E-state index in [0.717, 1.165) is 13.0 Å². The topological polar surface area (TPSA) is 38.3 Å². The molecule has 0 bridgehead atoms. The number of ether oxygens (including phenoxy) is 1. The highest BCUT2D eigenvalue weighted by Gasteiger charge is 2.15. The Morgan fingerprint density at radius 3 is 2.18 bits per heavy atom. The first-order valence-electron chi connectivity index (χ1n) is 6.13. The zero-order valence-corrected chi connectivity index (χ0v) is 10.4. The molecule has 0 aromatic heterocycles. The Morgan fingerprint density at radius 1 is 1.18 bits per heavy atom. The van der Waals surface area contributed by atoms with Gasteiger partial charge in [0.25, 0.3) is 0 Å². The minimum atomic E-state index is -0.107. The van der Waals surface area contributed by atoms with Crippen LogP contribution in [0, 0.1) is 0 Å². The first-order chi connectivity index (χ1) is 8.33. The van der Waals surface area contributed by atoms with Crippen molar-refractivity contribution in [1.29, 1.82) is 0 Å². The number of methoxy groups -OCH3 is 1. The second kappa shape index (κ2) is 8.76. The van der Waals surface area contributed by atoms with Crippen molar-refractivity contribution in [2.24, 2.45) is 0 Å². The summed E-state index contributed by atoms with van der Waals surface area (Å²) in [4.78, 5) is 10.8. The van der Waals surface area contributed by atoms with E-state index in [1.165, 1.54) is 20.0 Å². The molecule has 1 fully saturated rings. The van der Waals surface area contributed by atoms with Crippen LogP contribution in [-0.2, 0) is 9.53 Å². The molecule has 1 saturated heterocycles. The van der Waals surface area contributed by atoms with Gasteiger partial charge >= 0.3 is 5.97 Å². The maximum Gasteiger partial charge on any atom is 0.307 e. The quantitative estimate of drug-likeness (QED) is 0.800. The minimum absolute atomic E-state index is 0.107. The molecule has 0 saturated carbocycles. The maximum atomic E-state index is 10.8. The number of piperidine rings is 1. The number of hydrogen-bond acceptors (Lipinski definition) is 3. The Balaban J connectivity index is 0.000000202. The van der Waals surface area contributed by atoms with Crippen molar-refractivity contribution in [1.82, 2.24) is 5.32 Å². The van der Waals surface area contributed by atoms with Gasteiger partial charge in [0.2, 0.25) is 0 Å². The molecule has 0 amide bonds. The van der Waals surface area contributed by atoms with Gasteiger partial charge in [-0.1, -0.05) is 42.8 Å². The van der Waals surface area contributed by atoms with Crippen LogP contribution in [0.1, 0.15) is 25.7 Å². The molecule has 0 aliphatic carbocycles. The zero-order valence-electron chi connectivity index (χ0n) is 10.4.